The smallest absolute Gasteiger partial charge is 0.228 e. The number of carbonyl (C=O) groups excluding carboxylic acids is 2. The van der Waals surface area contributed by atoms with Crippen molar-refractivity contribution in [2.75, 3.05) is 23.7 Å². The van der Waals surface area contributed by atoms with Crippen molar-refractivity contribution < 1.29 is 14.0 Å². The van der Waals surface area contributed by atoms with Gasteiger partial charge >= 0.3 is 0 Å². The fourth-order valence-electron chi connectivity index (χ4n) is 3.37. The summed E-state index contributed by atoms with van der Waals surface area (Å²) in [5.74, 6) is -0.492. The molecule has 1 saturated heterocycles. The zero-order valence-electron chi connectivity index (χ0n) is 15.4. The van der Waals surface area contributed by atoms with Crippen LogP contribution in [0.4, 0.5) is 15.8 Å². The normalized spacial score (nSPS) is 17.3. The Morgan fingerprint density at radius 3 is 2.41 bits per heavy atom. The molecule has 1 atom stereocenters. The molecule has 0 bridgehead atoms. The maximum absolute atomic E-state index is 13.9. The van der Waals surface area contributed by atoms with Gasteiger partial charge in [0.2, 0.25) is 11.8 Å². The number of anilines is 2. The second kappa shape index (κ2) is 8.77. The number of halogens is 1. The number of piperidine rings is 1. The molecule has 0 spiro atoms. The first-order valence-corrected chi connectivity index (χ1v) is 9.15. The average Bonchev–Trinajstić information content (AvgIpc) is 2.65. The van der Waals surface area contributed by atoms with E-state index in [1.807, 2.05) is 6.07 Å². The standard InChI is InChI=1S/C21H24FN3O2/c1-15(26)23-18-8-10-19(11-9-18)24-21(27)17-6-4-12-25(14-17)13-16-5-2-3-7-20(16)22/h2-3,5,7-11,17H,4,6,12-14H2,1H3,(H,23,26)(H,24,27). The van der Waals surface area contributed by atoms with Crippen LogP contribution in [-0.4, -0.2) is 29.8 Å². The predicted octanol–water partition coefficient (Wildman–Crippen LogP) is 3.63. The molecule has 0 saturated carbocycles. The van der Waals surface area contributed by atoms with Gasteiger partial charge in [0.15, 0.2) is 0 Å². The summed E-state index contributed by atoms with van der Waals surface area (Å²) < 4.78 is 13.9. The van der Waals surface area contributed by atoms with Gasteiger partial charge in [0.1, 0.15) is 5.82 Å². The van der Waals surface area contributed by atoms with Gasteiger partial charge in [0.05, 0.1) is 5.92 Å². The first kappa shape index (κ1) is 19.0. The third-order valence-corrected chi connectivity index (χ3v) is 4.70. The number of rotatable bonds is 5. The van der Waals surface area contributed by atoms with E-state index in [4.69, 9.17) is 0 Å². The predicted molar refractivity (Wildman–Crippen MR) is 104 cm³/mol. The van der Waals surface area contributed by atoms with Crippen LogP contribution in [0.25, 0.3) is 0 Å². The van der Waals surface area contributed by atoms with Crippen molar-refractivity contribution in [3.05, 3.63) is 59.9 Å². The van der Waals surface area contributed by atoms with Crippen molar-refractivity contribution in [2.24, 2.45) is 5.92 Å². The van der Waals surface area contributed by atoms with Crippen LogP contribution in [0.5, 0.6) is 0 Å². The highest BCUT2D eigenvalue weighted by Gasteiger charge is 2.26. The van der Waals surface area contributed by atoms with Crippen LogP contribution in [0.15, 0.2) is 48.5 Å². The fraction of sp³-hybridized carbons (Fsp3) is 0.333. The largest absolute Gasteiger partial charge is 0.326 e. The number of nitrogens with one attached hydrogen (secondary N) is 2. The topological polar surface area (TPSA) is 61.4 Å². The molecule has 0 aromatic heterocycles. The van der Waals surface area contributed by atoms with Crippen LogP contribution in [0, 0.1) is 11.7 Å². The molecule has 2 aromatic rings. The van der Waals surface area contributed by atoms with E-state index < -0.39 is 0 Å². The minimum Gasteiger partial charge on any atom is -0.326 e. The number of benzene rings is 2. The molecule has 1 aliphatic heterocycles. The van der Waals surface area contributed by atoms with Crippen LogP contribution < -0.4 is 10.6 Å². The monoisotopic (exact) mass is 369 g/mol. The molecule has 2 amide bonds. The molecule has 3 rings (SSSR count). The van der Waals surface area contributed by atoms with Gasteiger partial charge in [-0.05, 0) is 49.7 Å². The van der Waals surface area contributed by atoms with Gasteiger partial charge in [-0.25, -0.2) is 4.39 Å². The highest BCUT2D eigenvalue weighted by atomic mass is 19.1. The Kier molecular flexibility index (Phi) is 6.19. The van der Waals surface area contributed by atoms with Crippen LogP contribution in [0.2, 0.25) is 0 Å². The molecule has 0 aliphatic carbocycles. The lowest BCUT2D eigenvalue weighted by Crippen LogP contribution is -2.40. The Hall–Kier alpha value is -2.73. The van der Waals surface area contributed by atoms with Crippen LogP contribution in [0.3, 0.4) is 0 Å². The van der Waals surface area contributed by atoms with Crippen molar-refractivity contribution in [3.63, 3.8) is 0 Å². The summed E-state index contributed by atoms with van der Waals surface area (Å²) in [5.41, 5.74) is 2.04. The van der Waals surface area contributed by atoms with E-state index in [0.717, 1.165) is 19.4 Å². The van der Waals surface area contributed by atoms with Gasteiger partial charge in [-0.2, -0.15) is 0 Å². The maximum atomic E-state index is 13.9. The highest BCUT2D eigenvalue weighted by molar-refractivity contribution is 5.93. The molecule has 2 N–H and O–H groups in total. The van der Waals surface area contributed by atoms with E-state index >= 15 is 0 Å². The van der Waals surface area contributed by atoms with Crippen molar-refractivity contribution in [1.82, 2.24) is 4.90 Å². The molecule has 142 valence electrons. The van der Waals surface area contributed by atoms with Gasteiger partial charge in [-0.1, -0.05) is 18.2 Å². The number of hydrogen-bond acceptors (Lipinski definition) is 3. The zero-order valence-corrected chi connectivity index (χ0v) is 15.4. The van der Waals surface area contributed by atoms with E-state index in [1.165, 1.54) is 13.0 Å². The van der Waals surface area contributed by atoms with E-state index in [9.17, 15) is 14.0 Å². The second-order valence-corrected chi connectivity index (χ2v) is 6.91. The maximum Gasteiger partial charge on any atom is 0.228 e. The van der Waals surface area contributed by atoms with Crippen molar-refractivity contribution in [1.29, 1.82) is 0 Å². The summed E-state index contributed by atoms with van der Waals surface area (Å²) in [6.45, 7) is 3.45. The molecule has 27 heavy (non-hydrogen) atoms. The number of amides is 2. The minimum absolute atomic E-state index is 0.0273. The highest BCUT2D eigenvalue weighted by Crippen LogP contribution is 2.22. The van der Waals surface area contributed by atoms with E-state index in [0.29, 0.717) is 30.0 Å². The van der Waals surface area contributed by atoms with Gasteiger partial charge in [-0.3, -0.25) is 14.5 Å². The molecule has 0 radical (unpaired) electrons. The lowest BCUT2D eigenvalue weighted by atomic mass is 9.96. The lowest BCUT2D eigenvalue weighted by Gasteiger charge is -2.32. The molecule has 1 heterocycles. The average molecular weight is 369 g/mol. The number of nitrogens with zero attached hydrogens (tertiary/aromatic N) is 1. The molecule has 1 fully saturated rings. The van der Waals surface area contributed by atoms with Gasteiger partial charge in [0.25, 0.3) is 0 Å². The third kappa shape index (κ3) is 5.37. The van der Waals surface area contributed by atoms with Crippen LogP contribution >= 0.6 is 0 Å². The van der Waals surface area contributed by atoms with Crippen molar-refractivity contribution in [2.45, 2.75) is 26.3 Å². The summed E-state index contributed by atoms with van der Waals surface area (Å²) in [6, 6.07) is 13.8. The van der Waals surface area contributed by atoms with Crippen molar-refractivity contribution >= 4 is 23.2 Å². The van der Waals surface area contributed by atoms with E-state index in [2.05, 4.69) is 15.5 Å². The van der Waals surface area contributed by atoms with Crippen LogP contribution in [0.1, 0.15) is 25.3 Å². The van der Waals surface area contributed by atoms with E-state index in [1.54, 1.807) is 36.4 Å². The van der Waals surface area contributed by atoms with Gasteiger partial charge < -0.3 is 10.6 Å². The summed E-state index contributed by atoms with van der Waals surface area (Å²) in [7, 11) is 0. The lowest BCUT2D eigenvalue weighted by molar-refractivity contribution is -0.121. The Balaban J connectivity index is 1.56. The van der Waals surface area contributed by atoms with Gasteiger partial charge in [-0.15, -0.1) is 0 Å². The zero-order chi connectivity index (χ0) is 19.2. The molecule has 2 aromatic carbocycles. The Labute approximate surface area is 158 Å². The minimum atomic E-state index is -0.205. The SMILES string of the molecule is CC(=O)Nc1ccc(NC(=O)C2CCCN(Cc3ccccc3F)C2)cc1. The molecule has 6 heteroatoms. The summed E-state index contributed by atoms with van der Waals surface area (Å²) in [6.07, 6.45) is 1.73. The summed E-state index contributed by atoms with van der Waals surface area (Å²) >= 11 is 0. The Morgan fingerprint density at radius 1 is 1.07 bits per heavy atom. The Morgan fingerprint density at radius 2 is 1.74 bits per heavy atom. The first-order chi connectivity index (χ1) is 13.0. The quantitative estimate of drug-likeness (QED) is 0.846. The van der Waals surface area contributed by atoms with E-state index in [-0.39, 0.29) is 23.5 Å². The van der Waals surface area contributed by atoms with Crippen molar-refractivity contribution in [3.8, 4) is 0 Å². The number of hydrogen-bond donors (Lipinski definition) is 2. The number of likely N-dealkylation sites (tertiary alicyclic amines) is 1. The molecule has 5 nitrogen and oxygen atoms in total. The third-order valence-electron chi connectivity index (χ3n) is 4.70. The van der Waals surface area contributed by atoms with Crippen LogP contribution in [-0.2, 0) is 16.1 Å². The molecular formula is C21H24FN3O2. The molecule has 1 aliphatic rings. The Bertz CT molecular complexity index is 807. The summed E-state index contributed by atoms with van der Waals surface area (Å²) in [4.78, 5) is 25.8. The summed E-state index contributed by atoms with van der Waals surface area (Å²) in [5, 5.41) is 5.63. The number of carbonyl (C=O) groups is 2. The second-order valence-electron chi connectivity index (χ2n) is 6.91. The fourth-order valence-corrected chi connectivity index (χ4v) is 3.37. The molecular weight excluding hydrogens is 345 g/mol. The first-order valence-electron chi connectivity index (χ1n) is 9.15. The molecule has 1 unspecified atom stereocenters. The van der Waals surface area contributed by atoms with Gasteiger partial charge in [0, 0.05) is 37.0 Å².